The monoisotopic (exact) mass is 114 g/mol. The van der Waals surface area contributed by atoms with Gasteiger partial charge in [0.1, 0.15) is 0 Å². The molecular formula is C5H10N2O. The van der Waals surface area contributed by atoms with Crippen LogP contribution in [0.3, 0.4) is 0 Å². The Morgan fingerprint density at radius 3 is 2.88 bits per heavy atom. The van der Waals surface area contributed by atoms with Gasteiger partial charge in [0.15, 0.2) is 6.23 Å². The first kappa shape index (κ1) is 5.56. The van der Waals surface area contributed by atoms with E-state index in [1.807, 2.05) is 11.9 Å². The quantitative estimate of drug-likeness (QED) is 0.477. The van der Waals surface area contributed by atoms with E-state index in [0.29, 0.717) is 0 Å². The van der Waals surface area contributed by atoms with E-state index in [4.69, 9.17) is 4.74 Å². The second-order valence-electron chi connectivity index (χ2n) is 1.89. The third-order valence-corrected chi connectivity index (χ3v) is 1.15. The second kappa shape index (κ2) is 2.13. The summed E-state index contributed by atoms with van der Waals surface area (Å²) < 4.78 is 4.94. The summed E-state index contributed by atoms with van der Waals surface area (Å²) in [4.78, 5) is 6.01. The predicted octanol–water partition coefficient (Wildman–Crippen LogP) is -0.0674. The van der Waals surface area contributed by atoms with Gasteiger partial charge in [-0.25, -0.2) is 4.99 Å². The van der Waals surface area contributed by atoms with Crippen molar-refractivity contribution in [2.45, 2.75) is 6.23 Å². The molecule has 0 amide bonds. The fourth-order valence-electron chi connectivity index (χ4n) is 0.664. The Morgan fingerprint density at radius 1 is 1.88 bits per heavy atom. The minimum absolute atomic E-state index is 0.0694. The standard InChI is InChI=1S/C5H10N2O/c1-7-3-5(8-2)6-4-7/h4-5H,3H2,1-2H3. The fraction of sp³-hybridized carbons (Fsp3) is 0.800. The van der Waals surface area contributed by atoms with Crippen LogP contribution < -0.4 is 0 Å². The third-order valence-electron chi connectivity index (χ3n) is 1.15. The Kier molecular flexibility index (Phi) is 1.48. The molecule has 0 aliphatic carbocycles. The van der Waals surface area contributed by atoms with Crippen molar-refractivity contribution < 1.29 is 4.74 Å². The summed E-state index contributed by atoms with van der Waals surface area (Å²) in [5.41, 5.74) is 0. The van der Waals surface area contributed by atoms with Crippen molar-refractivity contribution in [2.24, 2.45) is 4.99 Å². The summed E-state index contributed by atoms with van der Waals surface area (Å²) in [7, 11) is 3.64. The van der Waals surface area contributed by atoms with Crippen molar-refractivity contribution in [2.75, 3.05) is 20.7 Å². The molecule has 0 bridgehead atoms. The molecule has 0 radical (unpaired) electrons. The van der Waals surface area contributed by atoms with Crippen molar-refractivity contribution in [3.05, 3.63) is 0 Å². The zero-order valence-electron chi connectivity index (χ0n) is 5.16. The number of hydrogen-bond acceptors (Lipinski definition) is 3. The molecule has 3 heteroatoms. The maximum Gasteiger partial charge on any atom is 0.166 e. The molecule has 0 fully saturated rings. The number of aliphatic imine (C=N–C) groups is 1. The molecule has 3 nitrogen and oxygen atoms in total. The molecule has 1 aliphatic rings. The van der Waals surface area contributed by atoms with E-state index in [1.54, 1.807) is 13.4 Å². The van der Waals surface area contributed by atoms with E-state index in [-0.39, 0.29) is 6.23 Å². The van der Waals surface area contributed by atoms with Crippen LogP contribution in [-0.2, 0) is 4.74 Å². The van der Waals surface area contributed by atoms with Crippen molar-refractivity contribution >= 4 is 6.34 Å². The number of hydrogen-bond donors (Lipinski definition) is 0. The number of methoxy groups -OCH3 is 1. The van der Waals surface area contributed by atoms with Gasteiger partial charge >= 0.3 is 0 Å². The number of rotatable bonds is 1. The van der Waals surface area contributed by atoms with Gasteiger partial charge in [0.05, 0.1) is 12.9 Å². The molecule has 1 heterocycles. The average molecular weight is 114 g/mol. The first-order valence-electron chi connectivity index (χ1n) is 2.59. The number of nitrogens with zero attached hydrogens (tertiary/aromatic N) is 2. The Hall–Kier alpha value is -0.570. The molecule has 0 aromatic rings. The van der Waals surface area contributed by atoms with Crippen LogP contribution in [-0.4, -0.2) is 38.2 Å². The van der Waals surface area contributed by atoms with Crippen LogP contribution in [0.4, 0.5) is 0 Å². The Bertz CT molecular complexity index is 103. The van der Waals surface area contributed by atoms with Crippen LogP contribution in [0.2, 0.25) is 0 Å². The first-order valence-corrected chi connectivity index (χ1v) is 2.59. The van der Waals surface area contributed by atoms with E-state index >= 15 is 0 Å². The average Bonchev–Trinajstić information content (AvgIpc) is 2.14. The highest BCUT2D eigenvalue weighted by Gasteiger charge is 2.11. The van der Waals surface area contributed by atoms with Gasteiger partial charge in [-0.1, -0.05) is 0 Å². The maximum absolute atomic E-state index is 4.94. The second-order valence-corrected chi connectivity index (χ2v) is 1.89. The van der Waals surface area contributed by atoms with E-state index < -0.39 is 0 Å². The number of likely N-dealkylation sites (N-methyl/N-ethyl adjacent to an activating group) is 1. The molecule has 1 rings (SSSR count). The van der Waals surface area contributed by atoms with Gasteiger partial charge < -0.3 is 9.64 Å². The van der Waals surface area contributed by atoms with Crippen LogP contribution in [0.1, 0.15) is 0 Å². The largest absolute Gasteiger partial charge is 0.361 e. The van der Waals surface area contributed by atoms with Crippen LogP contribution in [0.5, 0.6) is 0 Å². The fourth-order valence-corrected chi connectivity index (χ4v) is 0.664. The molecule has 0 aromatic heterocycles. The van der Waals surface area contributed by atoms with Crippen molar-refractivity contribution in [3.8, 4) is 0 Å². The van der Waals surface area contributed by atoms with E-state index in [9.17, 15) is 0 Å². The molecule has 1 atom stereocenters. The molecule has 0 saturated heterocycles. The topological polar surface area (TPSA) is 24.8 Å². The lowest BCUT2D eigenvalue weighted by molar-refractivity contribution is 0.108. The zero-order valence-corrected chi connectivity index (χ0v) is 5.16. The highest BCUT2D eigenvalue weighted by Crippen LogP contribution is 1.99. The highest BCUT2D eigenvalue weighted by atomic mass is 16.5. The number of ether oxygens (including phenoxy) is 1. The molecule has 1 unspecified atom stereocenters. The molecule has 1 aliphatic heterocycles. The molecule has 8 heavy (non-hydrogen) atoms. The van der Waals surface area contributed by atoms with Gasteiger partial charge in [-0.05, 0) is 0 Å². The van der Waals surface area contributed by atoms with Gasteiger partial charge in [-0.2, -0.15) is 0 Å². The summed E-state index contributed by atoms with van der Waals surface area (Å²) in [6, 6.07) is 0. The molecule has 0 saturated carbocycles. The smallest absolute Gasteiger partial charge is 0.166 e. The molecule has 46 valence electrons. The summed E-state index contributed by atoms with van der Waals surface area (Å²) in [5, 5.41) is 0. The van der Waals surface area contributed by atoms with Crippen molar-refractivity contribution in [3.63, 3.8) is 0 Å². The first-order chi connectivity index (χ1) is 3.83. The molecule has 0 aromatic carbocycles. The lowest BCUT2D eigenvalue weighted by atomic mass is 10.6. The van der Waals surface area contributed by atoms with Gasteiger partial charge in [-0.15, -0.1) is 0 Å². The third kappa shape index (κ3) is 0.980. The summed E-state index contributed by atoms with van der Waals surface area (Å²) in [6.45, 7) is 0.885. The molecule has 0 N–H and O–H groups in total. The van der Waals surface area contributed by atoms with Crippen LogP contribution in [0.15, 0.2) is 4.99 Å². The minimum Gasteiger partial charge on any atom is -0.361 e. The maximum atomic E-state index is 4.94. The van der Waals surface area contributed by atoms with E-state index in [1.165, 1.54) is 0 Å². The predicted molar refractivity (Wildman–Crippen MR) is 31.9 cm³/mol. The minimum atomic E-state index is 0.0694. The summed E-state index contributed by atoms with van der Waals surface area (Å²) in [6.07, 6.45) is 1.86. The van der Waals surface area contributed by atoms with E-state index in [0.717, 1.165) is 6.54 Å². The van der Waals surface area contributed by atoms with Gasteiger partial charge in [0, 0.05) is 14.2 Å². The summed E-state index contributed by atoms with van der Waals surface area (Å²) in [5.74, 6) is 0. The molecular weight excluding hydrogens is 104 g/mol. The Labute approximate surface area is 49.0 Å². The normalized spacial score (nSPS) is 27.2. The van der Waals surface area contributed by atoms with Crippen LogP contribution >= 0.6 is 0 Å². The summed E-state index contributed by atoms with van der Waals surface area (Å²) >= 11 is 0. The van der Waals surface area contributed by atoms with Crippen molar-refractivity contribution in [1.82, 2.24) is 4.90 Å². The van der Waals surface area contributed by atoms with Crippen LogP contribution in [0, 0.1) is 0 Å². The Balaban J connectivity index is 2.34. The SMILES string of the molecule is COC1CN(C)C=N1. The van der Waals surface area contributed by atoms with Gasteiger partial charge in [-0.3, -0.25) is 0 Å². The van der Waals surface area contributed by atoms with Crippen LogP contribution in [0.25, 0.3) is 0 Å². The Morgan fingerprint density at radius 2 is 2.62 bits per heavy atom. The molecule has 0 spiro atoms. The zero-order chi connectivity index (χ0) is 5.98. The van der Waals surface area contributed by atoms with Gasteiger partial charge in [0.2, 0.25) is 0 Å². The van der Waals surface area contributed by atoms with E-state index in [2.05, 4.69) is 4.99 Å². The lowest BCUT2D eigenvalue weighted by Crippen LogP contribution is -2.19. The highest BCUT2D eigenvalue weighted by molar-refractivity contribution is 5.56. The van der Waals surface area contributed by atoms with Gasteiger partial charge in [0.25, 0.3) is 0 Å². The van der Waals surface area contributed by atoms with Crippen molar-refractivity contribution in [1.29, 1.82) is 0 Å². The lowest BCUT2D eigenvalue weighted by Gasteiger charge is -2.06.